The van der Waals surface area contributed by atoms with Gasteiger partial charge < -0.3 is 23.7 Å². The summed E-state index contributed by atoms with van der Waals surface area (Å²) in [6.07, 6.45) is 0. The third kappa shape index (κ3) is 4.58. The Kier molecular flexibility index (Phi) is 6.09. The molecule has 5 heteroatoms. The Morgan fingerprint density at radius 3 is 1.43 bits per heavy atom. The van der Waals surface area contributed by atoms with Crippen molar-refractivity contribution in [3.63, 3.8) is 0 Å². The van der Waals surface area contributed by atoms with E-state index < -0.39 is 0 Å². The van der Waals surface area contributed by atoms with E-state index in [0.717, 1.165) is 22.3 Å². The van der Waals surface area contributed by atoms with Gasteiger partial charge in [-0.25, -0.2) is 0 Å². The summed E-state index contributed by atoms with van der Waals surface area (Å²) in [4.78, 5) is 0. The molecule has 2 aromatic carbocycles. The predicted molar refractivity (Wildman–Crippen MR) is 87.4 cm³/mol. The Morgan fingerprint density at radius 2 is 0.957 bits per heavy atom. The highest BCUT2D eigenvalue weighted by molar-refractivity contribution is 5.93. The van der Waals surface area contributed by atoms with Crippen LogP contribution in [0.25, 0.3) is 10.8 Å². The molecule has 0 aromatic heterocycles. The molecule has 0 fully saturated rings. The van der Waals surface area contributed by atoms with Crippen LogP contribution < -0.4 is 9.47 Å². The van der Waals surface area contributed by atoms with E-state index in [-0.39, 0.29) is 0 Å². The molecule has 5 nitrogen and oxygen atoms in total. The first-order valence-electron chi connectivity index (χ1n) is 7.96. The fourth-order valence-electron chi connectivity index (χ4n) is 2.48. The molecule has 0 amide bonds. The van der Waals surface area contributed by atoms with Crippen molar-refractivity contribution in [3.05, 3.63) is 36.4 Å². The molecule has 0 saturated heterocycles. The second kappa shape index (κ2) is 8.72. The maximum Gasteiger partial charge on any atom is 0.130 e. The van der Waals surface area contributed by atoms with Gasteiger partial charge in [-0.05, 0) is 17.5 Å². The molecule has 0 aliphatic carbocycles. The van der Waals surface area contributed by atoms with Crippen molar-refractivity contribution >= 4 is 10.8 Å². The van der Waals surface area contributed by atoms with Crippen LogP contribution in [0.1, 0.15) is 0 Å². The normalized spacial score (nSPS) is 18.1. The van der Waals surface area contributed by atoms with Crippen LogP contribution in [-0.4, -0.2) is 52.9 Å². The first kappa shape index (κ1) is 16.1. The fourth-order valence-corrected chi connectivity index (χ4v) is 2.48. The minimum absolute atomic E-state index is 0.497. The van der Waals surface area contributed by atoms with E-state index in [0.29, 0.717) is 52.9 Å². The summed E-state index contributed by atoms with van der Waals surface area (Å²) in [6.45, 7) is 4.31. The summed E-state index contributed by atoms with van der Waals surface area (Å²) in [5.74, 6) is 1.62. The molecule has 0 saturated carbocycles. The van der Waals surface area contributed by atoms with Crippen LogP contribution in [0.3, 0.4) is 0 Å². The minimum atomic E-state index is 0.497. The Morgan fingerprint density at radius 1 is 0.522 bits per heavy atom. The van der Waals surface area contributed by atoms with Crippen LogP contribution in [0, 0.1) is 0 Å². The van der Waals surface area contributed by atoms with Gasteiger partial charge in [-0.15, -0.1) is 0 Å². The Balaban J connectivity index is 1.78. The zero-order chi connectivity index (χ0) is 15.7. The molecule has 0 radical (unpaired) electrons. The van der Waals surface area contributed by atoms with E-state index in [1.165, 1.54) is 0 Å². The van der Waals surface area contributed by atoms with Crippen LogP contribution in [0.5, 0.6) is 11.5 Å². The van der Waals surface area contributed by atoms with Crippen LogP contribution in [-0.2, 0) is 14.2 Å². The van der Waals surface area contributed by atoms with Crippen LogP contribution >= 0.6 is 0 Å². The van der Waals surface area contributed by atoms with E-state index in [1.54, 1.807) is 0 Å². The molecule has 0 unspecified atom stereocenters. The van der Waals surface area contributed by atoms with Gasteiger partial charge >= 0.3 is 0 Å². The van der Waals surface area contributed by atoms with E-state index >= 15 is 0 Å². The zero-order valence-electron chi connectivity index (χ0n) is 13.2. The molecule has 0 bridgehead atoms. The maximum absolute atomic E-state index is 5.88. The quantitative estimate of drug-likeness (QED) is 0.747. The summed E-state index contributed by atoms with van der Waals surface area (Å²) in [5, 5.41) is 2.08. The molecule has 124 valence electrons. The van der Waals surface area contributed by atoms with E-state index in [1.807, 2.05) is 24.3 Å². The van der Waals surface area contributed by atoms with Gasteiger partial charge in [0.1, 0.15) is 24.7 Å². The third-order valence-corrected chi connectivity index (χ3v) is 3.54. The summed E-state index contributed by atoms with van der Waals surface area (Å²) >= 11 is 0. The highest BCUT2D eigenvalue weighted by Gasteiger charge is 2.09. The minimum Gasteiger partial charge on any atom is -0.490 e. The highest BCUT2D eigenvalue weighted by atomic mass is 16.6. The molecular formula is C18H22O5. The van der Waals surface area contributed by atoms with Gasteiger partial charge in [0, 0.05) is 0 Å². The molecule has 1 heterocycles. The van der Waals surface area contributed by atoms with E-state index in [9.17, 15) is 0 Å². The van der Waals surface area contributed by atoms with E-state index in [4.69, 9.17) is 23.7 Å². The third-order valence-electron chi connectivity index (χ3n) is 3.54. The summed E-state index contributed by atoms with van der Waals surface area (Å²) in [7, 11) is 0. The Labute approximate surface area is 136 Å². The highest BCUT2D eigenvalue weighted by Crippen LogP contribution is 2.34. The topological polar surface area (TPSA) is 46.2 Å². The van der Waals surface area contributed by atoms with Crippen molar-refractivity contribution in [1.29, 1.82) is 0 Å². The number of benzene rings is 2. The van der Waals surface area contributed by atoms with Crippen molar-refractivity contribution in [3.8, 4) is 11.5 Å². The van der Waals surface area contributed by atoms with Gasteiger partial charge in [-0.1, -0.05) is 24.3 Å². The average molecular weight is 318 g/mol. The van der Waals surface area contributed by atoms with Crippen molar-refractivity contribution in [2.75, 3.05) is 52.9 Å². The van der Waals surface area contributed by atoms with Crippen molar-refractivity contribution < 1.29 is 23.7 Å². The molecule has 0 N–H and O–H groups in total. The molecule has 2 aromatic rings. The zero-order valence-corrected chi connectivity index (χ0v) is 13.2. The lowest BCUT2D eigenvalue weighted by atomic mass is 10.1. The Bertz CT molecular complexity index is 565. The van der Waals surface area contributed by atoms with E-state index in [2.05, 4.69) is 12.1 Å². The molecular weight excluding hydrogens is 296 g/mol. The second-order valence-corrected chi connectivity index (χ2v) is 5.14. The number of ether oxygens (including phenoxy) is 5. The van der Waals surface area contributed by atoms with Crippen LogP contribution in [0.2, 0.25) is 0 Å². The first-order valence-corrected chi connectivity index (χ1v) is 7.96. The predicted octanol–water partition coefficient (Wildman–Crippen LogP) is 2.66. The lowest BCUT2D eigenvalue weighted by Gasteiger charge is -2.15. The SMILES string of the molecule is c1cc2c3c(cccc3c1)OCCOCCOCCOCCO2. The summed E-state index contributed by atoms with van der Waals surface area (Å²) < 4.78 is 28.2. The lowest BCUT2D eigenvalue weighted by Crippen LogP contribution is -2.15. The smallest absolute Gasteiger partial charge is 0.130 e. The van der Waals surface area contributed by atoms with Gasteiger partial charge in [0.05, 0.1) is 45.0 Å². The van der Waals surface area contributed by atoms with Crippen molar-refractivity contribution in [2.24, 2.45) is 0 Å². The number of hydrogen-bond acceptors (Lipinski definition) is 5. The molecule has 1 aliphatic rings. The fraction of sp³-hybridized carbons (Fsp3) is 0.444. The number of hydrogen-bond donors (Lipinski definition) is 0. The van der Waals surface area contributed by atoms with Crippen molar-refractivity contribution in [1.82, 2.24) is 0 Å². The molecule has 0 spiro atoms. The van der Waals surface area contributed by atoms with Gasteiger partial charge in [-0.2, -0.15) is 0 Å². The standard InChI is InChI=1S/C18H22O5/c1-3-15-4-2-6-17-18(15)16(5-1)22-13-11-20-9-7-19-8-10-21-12-14-23-17/h1-6H,7-14H2. The lowest BCUT2D eigenvalue weighted by molar-refractivity contribution is 0.00465. The van der Waals surface area contributed by atoms with Gasteiger partial charge in [0.2, 0.25) is 0 Å². The summed E-state index contributed by atoms with van der Waals surface area (Å²) in [5.41, 5.74) is 0. The molecule has 1 aliphatic heterocycles. The largest absolute Gasteiger partial charge is 0.490 e. The average Bonchev–Trinajstić information content (AvgIpc) is 2.58. The monoisotopic (exact) mass is 318 g/mol. The summed E-state index contributed by atoms with van der Waals surface area (Å²) in [6, 6.07) is 12.0. The Hall–Kier alpha value is -1.82. The van der Waals surface area contributed by atoms with Gasteiger partial charge in [0.25, 0.3) is 0 Å². The van der Waals surface area contributed by atoms with Crippen molar-refractivity contribution in [2.45, 2.75) is 0 Å². The maximum atomic E-state index is 5.88. The first-order chi connectivity index (χ1) is 11.4. The molecule has 3 rings (SSSR count). The number of rotatable bonds is 0. The van der Waals surface area contributed by atoms with Crippen LogP contribution in [0.4, 0.5) is 0 Å². The second-order valence-electron chi connectivity index (χ2n) is 5.14. The molecule has 0 atom stereocenters. The van der Waals surface area contributed by atoms with Crippen LogP contribution in [0.15, 0.2) is 36.4 Å². The van der Waals surface area contributed by atoms with Gasteiger partial charge in [0.15, 0.2) is 0 Å². The molecule has 23 heavy (non-hydrogen) atoms. The van der Waals surface area contributed by atoms with Gasteiger partial charge in [-0.3, -0.25) is 0 Å².